The normalized spacial score (nSPS) is 27.4. The van der Waals surface area contributed by atoms with Crippen molar-refractivity contribution in [3.63, 3.8) is 0 Å². The SMILES string of the molecule is CC(C)(C)C1C/C(=C/F)CCN1C(C)(C)C. The third kappa shape index (κ3) is 3.07. The number of rotatable bonds is 0. The van der Waals surface area contributed by atoms with Gasteiger partial charge in [0.1, 0.15) is 0 Å². The number of hydrogen-bond donors (Lipinski definition) is 0. The highest BCUT2D eigenvalue weighted by Crippen LogP contribution is 2.37. The van der Waals surface area contributed by atoms with Crippen LogP contribution in [-0.4, -0.2) is 23.0 Å². The van der Waals surface area contributed by atoms with Gasteiger partial charge in [-0.05, 0) is 44.6 Å². The quantitative estimate of drug-likeness (QED) is 0.601. The van der Waals surface area contributed by atoms with E-state index in [1.807, 2.05) is 0 Å². The van der Waals surface area contributed by atoms with Crippen LogP contribution < -0.4 is 0 Å². The zero-order valence-corrected chi connectivity index (χ0v) is 11.6. The number of hydrogen-bond acceptors (Lipinski definition) is 1. The lowest BCUT2D eigenvalue weighted by molar-refractivity contribution is 0.00942. The van der Waals surface area contributed by atoms with E-state index >= 15 is 0 Å². The highest BCUT2D eigenvalue weighted by Gasteiger charge is 2.38. The largest absolute Gasteiger partial charge is 0.294 e. The van der Waals surface area contributed by atoms with Crippen LogP contribution in [0.5, 0.6) is 0 Å². The minimum atomic E-state index is 0.166. The molecule has 0 spiro atoms. The Morgan fingerprint density at radius 1 is 1.19 bits per heavy atom. The lowest BCUT2D eigenvalue weighted by atomic mass is 9.77. The van der Waals surface area contributed by atoms with Gasteiger partial charge in [0.15, 0.2) is 0 Å². The molecule has 0 saturated carbocycles. The van der Waals surface area contributed by atoms with E-state index in [1.165, 1.54) is 0 Å². The topological polar surface area (TPSA) is 3.24 Å². The zero-order chi connectivity index (χ0) is 12.6. The first kappa shape index (κ1) is 13.7. The summed E-state index contributed by atoms with van der Waals surface area (Å²) in [7, 11) is 0. The van der Waals surface area contributed by atoms with Crippen LogP contribution in [-0.2, 0) is 0 Å². The maximum absolute atomic E-state index is 12.7. The smallest absolute Gasteiger partial charge is 0.0859 e. The third-order valence-corrected chi connectivity index (χ3v) is 3.52. The average molecular weight is 227 g/mol. The monoisotopic (exact) mass is 227 g/mol. The lowest BCUT2D eigenvalue weighted by Crippen LogP contribution is -2.55. The van der Waals surface area contributed by atoms with Crippen molar-refractivity contribution in [2.24, 2.45) is 5.41 Å². The maximum atomic E-state index is 12.7. The standard InChI is InChI=1S/C14H26FN/c1-13(2,3)12-9-11(10-15)7-8-16(12)14(4,5)6/h10,12H,7-9H2,1-6H3/b11-10+. The number of nitrogens with zero attached hydrogens (tertiary/aromatic N) is 1. The van der Waals surface area contributed by atoms with Crippen molar-refractivity contribution in [2.45, 2.75) is 66.0 Å². The van der Waals surface area contributed by atoms with Crippen molar-refractivity contribution < 1.29 is 4.39 Å². The van der Waals surface area contributed by atoms with Crippen LogP contribution >= 0.6 is 0 Å². The van der Waals surface area contributed by atoms with Crippen molar-refractivity contribution in [1.82, 2.24) is 4.90 Å². The summed E-state index contributed by atoms with van der Waals surface area (Å²) < 4.78 is 12.7. The van der Waals surface area contributed by atoms with Crippen LogP contribution in [0.25, 0.3) is 0 Å². The Balaban J connectivity index is 2.94. The zero-order valence-electron chi connectivity index (χ0n) is 11.6. The van der Waals surface area contributed by atoms with E-state index in [0.29, 0.717) is 6.04 Å². The van der Waals surface area contributed by atoms with Crippen LogP contribution in [0.4, 0.5) is 4.39 Å². The molecule has 94 valence electrons. The van der Waals surface area contributed by atoms with E-state index in [2.05, 4.69) is 46.4 Å². The minimum Gasteiger partial charge on any atom is -0.294 e. The van der Waals surface area contributed by atoms with Crippen molar-refractivity contribution in [3.8, 4) is 0 Å². The van der Waals surface area contributed by atoms with Gasteiger partial charge in [-0.25, -0.2) is 4.39 Å². The molecule has 1 nitrogen and oxygen atoms in total. The van der Waals surface area contributed by atoms with E-state index in [0.717, 1.165) is 31.3 Å². The molecule has 0 aromatic heterocycles. The van der Waals surface area contributed by atoms with Gasteiger partial charge < -0.3 is 0 Å². The first-order valence-electron chi connectivity index (χ1n) is 6.21. The Kier molecular flexibility index (Phi) is 3.83. The molecule has 1 atom stereocenters. The molecule has 1 rings (SSSR count). The summed E-state index contributed by atoms with van der Waals surface area (Å²) >= 11 is 0. The van der Waals surface area contributed by atoms with Crippen molar-refractivity contribution in [2.75, 3.05) is 6.54 Å². The van der Waals surface area contributed by atoms with Gasteiger partial charge in [-0.3, -0.25) is 4.90 Å². The van der Waals surface area contributed by atoms with Crippen LogP contribution in [0.2, 0.25) is 0 Å². The Morgan fingerprint density at radius 2 is 1.75 bits per heavy atom. The number of piperidine rings is 1. The summed E-state index contributed by atoms with van der Waals surface area (Å²) in [6, 6.07) is 0.434. The first-order chi connectivity index (χ1) is 7.16. The van der Waals surface area contributed by atoms with E-state index in [-0.39, 0.29) is 11.0 Å². The van der Waals surface area contributed by atoms with Gasteiger partial charge in [-0.15, -0.1) is 0 Å². The van der Waals surface area contributed by atoms with Crippen molar-refractivity contribution in [3.05, 3.63) is 11.9 Å². The van der Waals surface area contributed by atoms with Crippen molar-refractivity contribution in [1.29, 1.82) is 0 Å². The third-order valence-electron chi connectivity index (χ3n) is 3.52. The predicted octanol–water partition coefficient (Wildman–Crippen LogP) is 4.15. The van der Waals surface area contributed by atoms with E-state index in [1.54, 1.807) is 0 Å². The molecule has 16 heavy (non-hydrogen) atoms. The van der Waals surface area contributed by atoms with Gasteiger partial charge in [0.25, 0.3) is 0 Å². The molecule has 1 heterocycles. The van der Waals surface area contributed by atoms with Crippen LogP contribution in [0.15, 0.2) is 11.9 Å². The fourth-order valence-corrected chi connectivity index (χ4v) is 2.56. The Morgan fingerprint density at radius 3 is 2.12 bits per heavy atom. The summed E-state index contributed by atoms with van der Waals surface area (Å²) in [6.07, 6.45) is 2.57. The fraction of sp³-hybridized carbons (Fsp3) is 0.857. The molecular weight excluding hydrogens is 201 g/mol. The molecular formula is C14H26FN. The predicted molar refractivity (Wildman–Crippen MR) is 68.1 cm³/mol. The van der Waals surface area contributed by atoms with E-state index in [9.17, 15) is 4.39 Å². The summed E-state index contributed by atoms with van der Waals surface area (Å²) in [5.41, 5.74) is 1.34. The van der Waals surface area contributed by atoms with Gasteiger partial charge in [0, 0.05) is 18.1 Å². The van der Waals surface area contributed by atoms with Gasteiger partial charge >= 0.3 is 0 Å². The van der Waals surface area contributed by atoms with Crippen LogP contribution in [0, 0.1) is 5.41 Å². The molecule has 1 saturated heterocycles. The number of likely N-dealkylation sites (tertiary alicyclic amines) is 1. The molecule has 0 aromatic carbocycles. The second kappa shape index (κ2) is 4.48. The maximum Gasteiger partial charge on any atom is 0.0859 e. The fourth-order valence-electron chi connectivity index (χ4n) is 2.56. The minimum absolute atomic E-state index is 0.166. The summed E-state index contributed by atoms with van der Waals surface area (Å²) in [6.45, 7) is 14.5. The molecule has 1 aliphatic rings. The molecule has 1 unspecified atom stereocenters. The number of halogens is 1. The van der Waals surface area contributed by atoms with Crippen molar-refractivity contribution >= 4 is 0 Å². The second-order valence-corrected chi connectivity index (χ2v) is 6.97. The first-order valence-corrected chi connectivity index (χ1v) is 6.21. The summed E-state index contributed by atoms with van der Waals surface area (Å²) in [5, 5.41) is 0. The molecule has 1 fully saturated rings. The van der Waals surface area contributed by atoms with Crippen LogP contribution in [0.3, 0.4) is 0 Å². The lowest BCUT2D eigenvalue weighted by Gasteiger charge is -2.50. The van der Waals surface area contributed by atoms with Gasteiger partial charge in [-0.1, -0.05) is 20.8 Å². The van der Waals surface area contributed by atoms with Gasteiger partial charge in [0.05, 0.1) is 6.33 Å². The molecule has 1 aliphatic heterocycles. The summed E-state index contributed by atoms with van der Waals surface area (Å²) in [5.74, 6) is 0. The molecule has 0 aromatic rings. The Labute approximate surface area is 99.7 Å². The Hall–Kier alpha value is -0.370. The highest BCUT2D eigenvalue weighted by molar-refractivity contribution is 5.09. The molecule has 0 aliphatic carbocycles. The van der Waals surface area contributed by atoms with E-state index in [4.69, 9.17) is 0 Å². The summed E-state index contributed by atoms with van der Waals surface area (Å²) in [4.78, 5) is 2.53. The van der Waals surface area contributed by atoms with E-state index < -0.39 is 0 Å². The molecule has 2 heteroatoms. The molecule has 0 N–H and O–H groups in total. The Bertz CT molecular complexity index is 267. The van der Waals surface area contributed by atoms with Crippen LogP contribution in [0.1, 0.15) is 54.4 Å². The average Bonchev–Trinajstić information content (AvgIpc) is 2.14. The van der Waals surface area contributed by atoms with Gasteiger partial charge in [0.2, 0.25) is 0 Å². The highest BCUT2D eigenvalue weighted by atomic mass is 19.1. The second-order valence-electron chi connectivity index (χ2n) is 6.97. The molecule has 0 amide bonds. The van der Waals surface area contributed by atoms with Gasteiger partial charge in [-0.2, -0.15) is 0 Å². The molecule has 0 radical (unpaired) electrons. The molecule has 0 bridgehead atoms.